The number of aliphatic hydroxyl groups is 1. The number of benzene rings is 1. The summed E-state index contributed by atoms with van der Waals surface area (Å²) in [5.74, 6) is 0.279. The molecule has 1 aromatic carbocycles. The Morgan fingerprint density at radius 3 is 2.66 bits per heavy atom. The minimum Gasteiger partial charge on any atom is -0.464 e. The normalized spacial score (nSPS) is 13.8. The number of hydrogen-bond donors (Lipinski definition) is 3. The summed E-state index contributed by atoms with van der Waals surface area (Å²) in [6, 6.07) is 6.87. The highest BCUT2D eigenvalue weighted by Gasteiger charge is 2.26. The van der Waals surface area contributed by atoms with Crippen molar-refractivity contribution in [3.63, 3.8) is 0 Å². The van der Waals surface area contributed by atoms with Gasteiger partial charge >= 0.3 is 5.97 Å². The van der Waals surface area contributed by atoms with Crippen molar-refractivity contribution in [1.29, 1.82) is 0 Å². The molecule has 8 heteroatoms. The second-order valence-electron chi connectivity index (χ2n) is 9.49. The summed E-state index contributed by atoms with van der Waals surface area (Å²) in [6.07, 6.45) is 0.770. The highest BCUT2D eigenvalue weighted by Crippen LogP contribution is 2.24. The number of rotatable bonds is 7. The first-order valence-corrected chi connectivity index (χ1v) is 10.7. The third-order valence-electron chi connectivity index (χ3n) is 5.20. The fourth-order valence-corrected chi connectivity index (χ4v) is 3.40. The molecule has 0 amide bonds. The Bertz CT molecular complexity index is 1170. The Balaban J connectivity index is 1.78. The van der Waals surface area contributed by atoms with Crippen LogP contribution in [0, 0.1) is 12.3 Å². The van der Waals surface area contributed by atoms with Gasteiger partial charge in [-0.05, 0) is 43.0 Å². The van der Waals surface area contributed by atoms with E-state index >= 15 is 0 Å². The number of pyridine rings is 1. The molecule has 172 valence electrons. The van der Waals surface area contributed by atoms with E-state index in [4.69, 9.17) is 9.72 Å². The summed E-state index contributed by atoms with van der Waals surface area (Å²) in [4.78, 5) is 31.6. The molecule has 0 unspecified atom stereocenters. The van der Waals surface area contributed by atoms with Crippen molar-refractivity contribution in [2.45, 2.75) is 53.3 Å². The zero-order valence-corrected chi connectivity index (χ0v) is 19.5. The SMILES string of the molecule is Cc1cc(-c2nc3cc(CN[C@H](C(=O)OCC(C)(C)C)[C@@H](C)O)ccc3n2C)c[nH]c1=O. The highest BCUT2D eigenvalue weighted by atomic mass is 16.5. The average Bonchev–Trinajstić information content (AvgIpc) is 3.04. The molecule has 0 saturated carbocycles. The van der Waals surface area contributed by atoms with E-state index in [1.54, 1.807) is 20.0 Å². The number of ether oxygens (including phenoxy) is 1. The van der Waals surface area contributed by atoms with Gasteiger partial charge in [-0.15, -0.1) is 0 Å². The van der Waals surface area contributed by atoms with Crippen molar-refractivity contribution >= 4 is 17.0 Å². The second-order valence-corrected chi connectivity index (χ2v) is 9.49. The summed E-state index contributed by atoms with van der Waals surface area (Å²) in [7, 11) is 1.93. The standard InChI is InChI=1S/C24H32N4O4/c1-14-9-17(12-26-22(14)30)21-27-18-10-16(7-8-19(18)28(21)6)11-25-20(15(2)29)23(31)32-13-24(3,4)5/h7-10,12,15,20,25,29H,11,13H2,1-6H3,(H,26,30)/t15-,20+/m1/s1. The van der Waals surface area contributed by atoms with Gasteiger partial charge in [0.25, 0.3) is 5.56 Å². The second kappa shape index (κ2) is 9.26. The zero-order valence-electron chi connectivity index (χ0n) is 19.5. The maximum Gasteiger partial charge on any atom is 0.325 e. The van der Waals surface area contributed by atoms with Gasteiger partial charge < -0.3 is 19.4 Å². The number of hydrogen-bond acceptors (Lipinski definition) is 6. The molecule has 0 saturated heterocycles. The third-order valence-corrected chi connectivity index (χ3v) is 5.20. The zero-order chi connectivity index (χ0) is 23.6. The Morgan fingerprint density at radius 2 is 2.03 bits per heavy atom. The molecule has 2 aromatic heterocycles. The van der Waals surface area contributed by atoms with Crippen LogP contribution in [0.25, 0.3) is 22.4 Å². The smallest absolute Gasteiger partial charge is 0.325 e. The van der Waals surface area contributed by atoms with Gasteiger partial charge in [-0.25, -0.2) is 4.98 Å². The number of esters is 1. The molecule has 32 heavy (non-hydrogen) atoms. The molecule has 2 atom stereocenters. The Morgan fingerprint density at radius 1 is 1.31 bits per heavy atom. The molecular formula is C24H32N4O4. The number of carbonyl (C=O) groups is 1. The summed E-state index contributed by atoms with van der Waals surface area (Å²) < 4.78 is 7.35. The van der Waals surface area contributed by atoms with Gasteiger partial charge in [0.05, 0.1) is 23.7 Å². The van der Waals surface area contributed by atoms with Crippen LogP contribution < -0.4 is 10.9 Å². The minimum atomic E-state index is -0.892. The molecule has 0 aliphatic heterocycles. The Hall–Kier alpha value is -2.97. The van der Waals surface area contributed by atoms with E-state index in [2.05, 4.69) is 10.3 Å². The molecule has 2 heterocycles. The molecule has 0 bridgehead atoms. The van der Waals surface area contributed by atoms with E-state index < -0.39 is 18.1 Å². The van der Waals surface area contributed by atoms with Crippen LogP contribution in [-0.4, -0.2) is 44.4 Å². The van der Waals surface area contributed by atoms with E-state index in [1.165, 1.54) is 0 Å². The molecule has 3 rings (SSSR count). The van der Waals surface area contributed by atoms with Crippen molar-refractivity contribution in [3.8, 4) is 11.4 Å². The van der Waals surface area contributed by atoms with Crippen LogP contribution in [-0.2, 0) is 23.1 Å². The minimum absolute atomic E-state index is 0.116. The number of carbonyl (C=O) groups excluding carboxylic acids is 1. The van der Waals surface area contributed by atoms with E-state index in [1.807, 2.05) is 56.7 Å². The molecule has 8 nitrogen and oxygen atoms in total. The lowest BCUT2D eigenvalue weighted by Gasteiger charge is -2.23. The molecular weight excluding hydrogens is 408 g/mol. The number of aryl methyl sites for hydroxylation is 2. The van der Waals surface area contributed by atoms with Crippen LogP contribution in [0.5, 0.6) is 0 Å². The fraction of sp³-hybridized carbons (Fsp3) is 0.458. The van der Waals surface area contributed by atoms with Crippen molar-refractivity contribution in [2.75, 3.05) is 6.61 Å². The van der Waals surface area contributed by atoms with Gasteiger partial charge in [-0.1, -0.05) is 26.8 Å². The quantitative estimate of drug-likeness (QED) is 0.488. The number of imidazole rings is 1. The molecule has 0 fully saturated rings. The Kier molecular flexibility index (Phi) is 6.85. The van der Waals surface area contributed by atoms with Crippen LogP contribution in [0.3, 0.4) is 0 Å². The lowest BCUT2D eigenvalue weighted by Crippen LogP contribution is -2.46. The number of fused-ring (bicyclic) bond motifs is 1. The van der Waals surface area contributed by atoms with Crippen LogP contribution in [0.15, 0.2) is 35.3 Å². The van der Waals surface area contributed by atoms with Crippen LogP contribution >= 0.6 is 0 Å². The van der Waals surface area contributed by atoms with Gasteiger partial charge in [0.15, 0.2) is 0 Å². The number of nitrogens with zero attached hydrogens (tertiary/aromatic N) is 2. The number of aliphatic hydroxyl groups excluding tert-OH is 1. The monoisotopic (exact) mass is 440 g/mol. The first kappa shape index (κ1) is 23.7. The Labute approximate surface area is 187 Å². The first-order chi connectivity index (χ1) is 15.0. The molecule has 0 radical (unpaired) electrons. The summed E-state index contributed by atoms with van der Waals surface area (Å²) >= 11 is 0. The lowest BCUT2D eigenvalue weighted by atomic mass is 9.98. The molecule has 3 N–H and O–H groups in total. The predicted molar refractivity (Wildman–Crippen MR) is 124 cm³/mol. The van der Waals surface area contributed by atoms with Gasteiger partial charge in [0.2, 0.25) is 0 Å². The van der Waals surface area contributed by atoms with Crippen LogP contribution in [0.4, 0.5) is 0 Å². The van der Waals surface area contributed by atoms with Crippen molar-refractivity contribution in [2.24, 2.45) is 12.5 Å². The molecule has 3 aromatic rings. The number of aromatic amines is 1. The van der Waals surface area contributed by atoms with Gasteiger partial charge in [0, 0.05) is 30.9 Å². The number of H-pyrrole nitrogens is 1. The van der Waals surface area contributed by atoms with E-state index in [-0.39, 0.29) is 17.6 Å². The summed E-state index contributed by atoms with van der Waals surface area (Å²) in [6.45, 7) is 9.93. The fourth-order valence-electron chi connectivity index (χ4n) is 3.40. The van der Waals surface area contributed by atoms with Crippen LogP contribution in [0.2, 0.25) is 0 Å². The molecule has 0 spiro atoms. The average molecular weight is 441 g/mol. The van der Waals surface area contributed by atoms with Crippen molar-refractivity contribution in [1.82, 2.24) is 19.9 Å². The summed E-state index contributed by atoms with van der Waals surface area (Å²) in [5.41, 5.74) is 3.87. The highest BCUT2D eigenvalue weighted by molar-refractivity contribution is 5.81. The lowest BCUT2D eigenvalue weighted by molar-refractivity contribution is -0.151. The largest absolute Gasteiger partial charge is 0.464 e. The molecule has 0 aliphatic carbocycles. The predicted octanol–water partition coefficient (Wildman–Crippen LogP) is 2.67. The molecule has 0 aliphatic rings. The van der Waals surface area contributed by atoms with E-state index in [0.717, 1.165) is 28.0 Å². The van der Waals surface area contributed by atoms with Gasteiger partial charge in [-0.2, -0.15) is 0 Å². The van der Waals surface area contributed by atoms with Crippen molar-refractivity contribution < 1.29 is 14.6 Å². The maximum atomic E-state index is 12.4. The summed E-state index contributed by atoms with van der Waals surface area (Å²) in [5, 5.41) is 13.2. The van der Waals surface area contributed by atoms with E-state index in [0.29, 0.717) is 12.1 Å². The number of nitrogens with one attached hydrogen (secondary N) is 2. The third kappa shape index (κ3) is 5.44. The van der Waals surface area contributed by atoms with Gasteiger partial charge in [0.1, 0.15) is 11.9 Å². The van der Waals surface area contributed by atoms with E-state index in [9.17, 15) is 14.7 Å². The first-order valence-electron chi connectivity index (χ1n) is 10.7. The maximum absolute atomic E-state index is 12.4. The number of aromatic nitrogens is 3. The van der Waals surface area contributed by atoms with Crippen LogP contribution in [0.1, 0.15) is 38.8 Å². The van der Waals surface area contributed by atoms with Gasteiger partial charge in [-0.3, -0.25) is 14.9 Å². The van der Waals surface area contributed by atoms with Crippen molar-refractivity contribution in [3.05, 3.63) is 51.9 Å². The topological polar surface area (TPSA) is 109 Å².